The second kappa shape index (κ2) is 5.32. The number of rotatable bonds is 3. The monoisotopic (exact) mass is 221 g/mol. The first-order valence-electron chi connectivity index (χ1n) is 5.83. The van der Waals surface area contributed by atoms with Gasteiger partial charge in [0.05, 0.1) is 11.5 Å². The van der Waals surface area contributed by atoms with Gasteiger partial charge < -0.3 is 0 Å². The number of nitriles is 1. The predicted octanol–water partition coefficient (Wildman–Crippen LogP) is 4.12. The van der Waals surface area contributed by atoms with Crippen molar-refractivity contribution in [3.05, 3.63) is 66.3 Å². The lowest BCUT2D eigenvalue weighted by Crippen LogP contribution is -2.12. The van der Waals surface area contributed by atoms with Crippen LogP contribution in [0.25, 0.3) is 6.08 Å². The average molecular weight is 221 g/mol. The van der Waals surface area contributed by atoms with Gasteiger partial charge in [0.25, 0.3) is 0 Å². The first kappa shape index (κ1) is 11.4. The Balaban J connectivity index is 2.05. The third-order valence-electron chi connectivity index (χ3n) is 2.88. The molecule has 1 aromatic rings. The van der Waals surface area contributed by atoms with Crippen molar-refractivity contribution in [2.24, 2.45) is 5.41 Å². The van der Waals surface area contributed by atoms with Gasteiger partial charge >= 0.3 is 0 Å². The van der Waals surface area contributed by atoms with E-state index in [0.717, 1.165) is 12.8 Å². The Labute approximate surface area is 102 Å². The molecule has 17 heavy (non-hydrogen) atoms. The van der Waals surface area contributed by atoms with E-state index in [4.69, 9.17) is 0 Å². The molecule has 0 unspecified atom stereocenters. The molecule has 0 atom stereocenters. The van der Waals surface area contributed by atoms with Gasteiger partial charge in [-0.05, 0) is 18.4 Å². The zero-order valence-corrected chi connectivity index (χ0v) is 9.71. The molecule has 2 rings (SSSR count). The van der Waals surface area contributed by atoms with E-state index >= 15 is 0 Å². The third kappa shape index (κ3) is 2.95. The average Bonchev–Trinajstić information content (AvgIpc) is 2.41. The summed E-state index contributed by atoms with van der Waals surface area (Å²) in [5.41, 5.74) is 0.730. The lowest BCUT2D eigenvalue weighted by molar-refractivity contribution is 0.648. The fourth-order valence-electron chi connectivity index (χ4n) is 1.90. The lowest BCUT2D eigenvalue weighted by atomic mass is 9.82. The van der Waals surface area contributed by atoms with Crippen LogP contribution in [0.4, 0.5) is 0 Å². The van der Waals surface area contributed by atoms with Crippen LogP contribution in [0.1, 0.15) is 18.4 Å². The number of hydrogen-bond donors (Lipinski definition) is 0. The SMILES string of the molecule is N#CC1(C/C=C/c2ccccc2)C=CCC=C1. The fraction of sp³-hybridized carbons (Fsp3) is 0.188. The van der Waals surface area contributed by atoms with Crippen molar-refractivity contribution in [2.75, 3.05) is 0 Å². The van der Waals surface area contributed by atoms with E-state index in [1.54, 1.807) is 0 Å². The zero-order valence-electron chi connectivity index (χ0n) is 9.71. The van der Waals surface area contributed by atoms with Gasteiger partial charge in [-0.2, -0.15) is 5.26 Å². The summed E-state index contributed by atoms with van der Waals surface area (Å²) < 4.78 is 0. The van der Waals surface area contributed by atoms with Gasteiger partial charge in [0.15, 0.2) is 0 Å². The molecule has 0 fully saturated rings. The number of benzene rings is 1. The predicted molar refractivity (Wildman–Crippen MR) is 71.0 cm³/mol. The van der Waals surface area contributed by atoms with Gasteiger partial charge in [-0.15, -0.1) is 0 Å². The quantitative estimate of drug-likeness (QED) is 0.704. The van der Waals surface area contributed by atoms with Crippen LogP contribution < -0.4 is 0 Å². The summed E-state index contributed by atoms with van der Waals surface area (Å²) in [6.45, 7) is 0. The minimum absolute atomic E-state index is 0.441. The molecule has 0 amide bonds. The van der Waals surface area contributed by atoms with Crippen molar-refractivity contribution in [3.8, 4) is 6.07 Å². The number of hydrogen-bond acceptors (Lipinski definition) is 1. The molecule has 0 bridgehead atoms. The molecular weight excluding hydrogens is 206 g/mol. The number of allylic oxidation sites excluding steroid dienone is 5. The smallest absolute Gasteiger partial charge is 0.0968 e. The second-order valence-corrected chi connectivity index (χ2v) is 4.21. The first-order chi connectivity index (χ1) is 8.35. The zero-order chi connectivity index (χ0) is 12.0. The van der Waals surface area contributed by atoms with E-state index in [0.29, 0.717) is 0 Å². The largest absolute Gasteiger partial charge is 0.197 e. The van der Waals surface area contributed by atoms with Crippen LogP contribution in [0.5, 0.6) is 0 Å². The Morgan fingerprint density at radius 3 is 2.53 bits per heavy atom. The van der Waals surface area contributed by atoms with Crippen LogP contribution in [0.15, 0.2) is 60.7 Å². The molecule has 0 aromatic heterocycles. The van der Waals surface area contributed by atoms with Gasteiger partial charge in [-0.3, -0.25) is 0 Å². The molecule has 0 saturated heterocycles. The van der Waals surface area contributed by atoms with Crippen LogP contribution in [-0.4, -0.2) is 0 Å². The van der Waals surface area contributed by atoms with Crippen LogP contribution in [-0.2, 0) is 0 Å². The maximum atomic E-state index is 9.25. The van der Waals surface area contributed by atoms with Gasteiger partial charge in [-0.25, -0.2) is 0 Å². The van der Waals surface area contributed by atoms with Gasteiger partial charge in [0.1, 0.15) is 0 Å². The molecule has 0 N–H and O–H groups in total. The topological polar surface area (TPSA) is 23.8 Å². The molecule has 1 aromatic carbocycles. The fourth-order valence-corrected chi connectivity index (χ4v) is 1.90. The Hall–Kier alpha value is -2.07. The Kier molecular flexibility index (Phi) is 3.57. The first-order valence-corrected chi connectivity index (χ1v) is 5.83. The minimum Gasteiger partial charge on any atom is -0.197 e. The molecule has 1 nitrogen and oxygen atoms in total. The molecule has 0 saturated carbocycles. The molecule has 0 spiro atoms. The third-order valence-corrected chi connectivity index (χ3v) is 2.88. The molecule has 84 valence electrons. The Bertz CT molecular complexity index is 474. The van der Waals surface area contributed by atoms with E-state index < -0.39 is 5.41 Å². The summed E-state index contributed by atoms with van der Waals surface area (Å²) in [6.07, 6.45) is 13.9. The van der Waals surface area contributed by atoms with Crippen molar-refractivity contribution in [1.82, 2.24) is 0 Å². The summed E-state index contributed by atoms with van der Waals surface area (Å²) in [5.74, 6) is 0. The maximum Gasteiger partial charge on any atom is 0.0968 e. The summed E-state index contributed by atoms with van der Waals surface area (Å²) in [6, 6.07) is 12.5. The Morgan fingerprint density at radius 2 is 1.88 bits per heavy atom. The van der Waals surface area contributed by atoms with Crippen LogP contribution >= 0.6 is 0 Å². The number of nitrogens with zero attached hydrogens (tertiary/aromatic N) is 1. The molecule has 1 aliphatic rings. The molecule has 0 aliphatic heterocycles. The van der Waals surface area contributed by atoms with Crippen molar-refractivity contribution in [1.29, 1.82) is 5.26 Å². The van der Waals surface area contributed by atoms with Crippen molar-refractivity contribution < 1.29 is 0 Å². The van der Waals surface area contributed by atoms with Gasteiger partial charge in [0, 0.05) is 0 Å². The normalized spacial score (nSPS) is 17.1. The summed E-state index contributed by atoms with van der Waals surface area (Å²) in [4.78, 5) is 0. The van der Waals surface area contributed by atoms with Crippen LogP contribution in [0, 0.1) is 16.7 Å². The highest BCUT2D eigenvalue weighted by atomic mass is 14.3. The van der Waals surface area contributed by atoms with E-state index in [2.05, 4.69) is 42.5 Å². The molecule has 0 radical (unpaired) electrons. The van der Waals surface area contributed by atoms with E-state index in [1.165, 1.54) is 5.56 Å². The highest BCUT2D eigenvalue weighted by molar-refractivity contribution is 5.49. The molecule has 1 heteroatoms. The van der Waals surface area contributed by atoms with Gasteiger partial charge in [-0.1, -0.05) is 66.8 Å². The second-order valence-electron chi connectivity index (χ2n) is 4.21. The van der Waals surface area contributed by atoms with Crippen LogP contribution in [0.2, 0.25) is 0 Å². The highest BCUT2D eigenvalue weighted by Gasteiger charge is 2.22. The molecule has 1 aliphatic carbocycles. The van der Waals surface area contributed by atoms with Gasteiger partial charge in [0.2, 0.25) is 0 Å². The van der Waals surface area contributed by atoms with Crippen LogP contribution in [0.3, 0.4) is 0 Å². The molecule has 0 heterocycles. The van der Waals surface area contributed by atoms with Crippen molar-refractivity contribution in [2.45, 2.75) is 12.8 Å². The highest BCUT2D eigenvalue weighted by Crippen LogP contribution is 2.29. The van der Waals surface area contributed by atoms with Crippen molar-refractivity contribution in [3.63, 3.8) is 0 Å². The minimum atomic E-state index is -0.441. The Morgan fingerprint density at radius 1 is 1.18 bits per heavy atom. The standard InChI is InChI=1S/C16H15N/c17-14-16(11-5-2-6-12-16)13-7-10-15-8-3-1-4-9-15/h1,3-12H,2,13H2/b10-7+. The summed E-state index contributed by atoms with van der Waals surface area (Å²) in [7, 11) is 0. The van der Waals surface area contributed by atoms with E-state index in [-0.39, 0.29) is 0 Å². The van der Waals surface area contributed by atoms with Crippen molar-refractivity contribution >= 4 is 6.08 Å². The van der Waals surface area contributed by atoms with E-state index in [1.807, 2.05) is 30.4 Å². The summed E-state index contributed by atoms with van der Waals surface area (Å²) in [5, 5.41) is 9.25. The van der Waals surface area contributed by atoms with E-state index in [9.17, 15) is 5.26 Å². The summed E-state index contributed by atoms with van der Waals surface area (Å²) >= 11 is 0. The lowest BCUT2D eigenvalue weighted by Gasteiger charge is -2.18. The molecular formula is C16H15N. The maximum absolute atomic E-state index is 9.25.